The predicted octanol–water partition coefficient (Wildman–Crippen LogP) is 2.35. The van der Waals surface area contributed by atoms with Gasteiger partial charge in [-0.1, -0.05) is 6.07 Å². The van der Waals surface area contributed by atoms with Gasteiger partial charge in [0.05, 0.1) is 12.6 Å². The molecule has 0 aromatic carbocycles. The number of hydrogen-bond donors (Lipinski definition) is 2. The van der Waals surface area contributed by atoms with Gasteiger partial charge in [-0.05, 0) is 64.7 Å². The molecule has 2 aliphatic rings. The lowest BCUT2D eigenvalue weighted by atomic mass is 10.1. The van der Waals surface area contributed by atoms with Gasteiger partial charge in [0.25, 0.3) is 0 Å². The van der Waals surface area contributed by atoms with E-state index in [0.29, 0.717) is 6.54 Å². The highest BCUT2D eigenvalue weighted by molar-refractivity contribution is 5.99. The van der Waals surface area contributed by atoms with E-state index in [1.165, 1.54) is 5.57 Å². The first-order valence-corrected chi connectivity index (χ1v) is 9.27. The van der Waals surface area contributed by atoms with Crippen LogP contribution in [-0.2, 0) is 4.79 Å². The van der Waals surface area contributed by atoms with Crippen molar-refractivity contribution in [1.82, 2.24) is 20.5 Å². The Labute approximate surface area is 155 Å². The number of aromatic nitrogens is 1. The van der Waals surface area contributed by atoms with Crippen LogP contribution in [0.15, 0.2) is 34.6 Å². The first kappa shape index (κ1) is 18.4. The fourth-order valence-electron chi connectivity index (χ4n) is 3.52. The van der Waals surface area contributed by atoms with Crippen LogP contribution in [-0.4, -0.2) is 46.8 Å². The van der Waals surface area contributed by atoms with Crippen LogP contribution in [0, 0.1) is 6.92 Å². The summed E-state index contributed by atoms with van der Waals surface area (Å²) in [6, 6.07) is 6.14. The number of nitrogens with one attached hydrogen (secondary N) is 2. The second-order valence-corrected chi connectivity index (χ2v) is 8.20. The van der Waals surface area contributed by atoms with E-state index >= 15 is 0 Å². The summed E-state index contributed by atoms with van der Waals surface area (Å²) in [5.41, 5.74) is 2.88. The number of hydrogen-bond acceptors (Lipinski definition) is 5. The highest BCUT2D eigenvalue weighted by Gasteiger charge is 2.31. The molecule has 3 rings (SSSR count). The van der Waals surface area contributed by atoms with E-state index < -0.39 is 0 Å². The van der Waals surface area contributed by atoms with Gasteiger partial charge in [-0.2, -0.15) is 0 Å². The van der Waals surface area contributed by atoms with Gasteiger partial charge in [-0.3, -0.25) is 9.79 Å². The molecule has 1 aliphatic heterocycles. The van der Waals surface area contributed by atoms with Crippen LogP contribution in [0.1, 0.15) is 51.4 Å². The number of carbonyl (C=O) groups is 1. The summed E-state index contributed by atoms with van der Waals surface area (Å²) in [6.45, 7) is 8.27. The Hall–Kier alpha value is -2.37. The molecule has 140 valence electrons. The monoisotopic (exact) mass is 355 g/mol. The normalized spacial score (nSPS) is 19.6. The number of amidine groups is 1. The highest BCUT2D eigenvalue weighted by Crippen LogP contribution is 2.33. The van der Waals surface area contributed by atoms with E-state index in [0.717, 1.165) is 42.3 Å². The van der Waals surface area contributed by atoms with Crippen molar-refractivity contribution in [3.63, 3.8) is 0 Å². The van der Waals surface area contributed by atoms with Crippen LogP contribution >= 0.6 is 0 Å². The molecule has 1 amide bonds. The number of fused-ring (bicyclic) bond motifs is 1. The van der Waals surface area contributed by atoms with Crippen LogP contribution in [0.3, 0.4) is 0 Å². The van der Waals surface area contributed by atoms with Gasteiger partial charge < -0.3 is 15.5 Å². The highest BCUT2D eigenvalue weighted by atomic mass is 16.2. The largest absolute Gasteiger partial charge is 0.352 e. The van der Waals surface area contributed by atoms with Crippen molar-refractivity contribution in [3.8, 4) is 0 Å². The van der Waals surface area contributed by atoms with Gasteiger partial charge in [-0.25, -0.2) is 4.98 Å². The summed E-state index contributed by atoms with van der Waals surface area (Å²) in [7, 11) is 1.96. The molecule has 1 aliphatic carbocycles. The molecule has 0 radical (unpaired) electrons. The molecular weight excluding hydrogens is 326 g/mol. The lowest BCUT2D eigenvalue weighted by Gasteiger charge is -2.31. The van der Waals surface area contributed by atoms with Gasteiger partial charge >= 0.3 is 0 Å². The van der Waals surface area contributed by atoms with Crippen molar-refractivity contribution in [3.05, 3.63) is 41.0 Å². The molecule has 2 N–H and O–H groups in total. The first-order valence-electron chi connectivity index (χ1n) is 9.27. The molecule has 1 atom stereocenters. The smallest absolute Gasteiger partial charge is 0.239 e. The molecule has 6 nitrogen and oxygen atoms in total. The number of pyridine rings is 1. The van der Waals surface area contributed by atoms with E-state index in [2.05, 4.69) is 15.6 Å². The van der Waals surface area contributed by atoms with Crippen LogP contribution in [0.25, 0.3) is 0 Å². The van der Waals surface area contributed by atoms with Gasteiger partial charge in [0.15, 0.2) is 5.84 Å². The van der Waals surface area contributed by atoms with Gasteiger partial charge in [0, 0.05) is 18.3 Å². The Morgan fingerprint density at radius 3 is 2.85 bits per heavy atom. The molecule has 1 saturated carbocycles. The SMILES string of the molecule is Cc1cccc(C2=NC3CCCC3=C(N(C)CC(=O)NC(C)(C)C)N2)n1. The fraction of sp³-hybridized carbons (Fsp3) is 0.550. The standard InChI is InChI=1S/C20H29N5O/c1-13-8-6-11-16(21-13)18-22-15-10-7-9-14(15)19(23-18)25(5)12-17(26)24-20(2,3)4/h6,8,11,15H,7,9-10,12H2,1-5H3,(H,22,23)(H,24,26). The number of nitrogens with zero attached hydrogens (tertiary/aromatic N) is 3. The summed E-state index contributed by atoms with van der Waals surface area (Å²) in [5.74, 6) is 1.81. The number of carbonyl (C=O) groups excluding carboxylic acids is 1. The molecule has 2 heterocycles. The van der Waals surface area contributed by atoms with Crippen molar-refractivity contribution in [1.29, 1.82) is 0 Å². The summed E-state index contributed by atoms with van der Waals surface area (Å²) in [4.78, 5) is 23.8. The second-order valence-electron chi connectivity index (χ2n) is 8.20. The Bertz CT molecular complexity index is 760. The first-order chi connectivity index (χ1) is 12.2. The zero-order chi connectivity index (χ0) is 18.9. The molecule has 1 fully saturated rings. The predicted molar refractivity (Wildman–Crippen MR) is 104 cm³/mol. The molecule has 0 bridgehead atoms. The van der Waals surface area contributed by atoms with Gasteiger partial charge in [0.1, 0.15) is 11.5 Å². The van der Waals surface area contributed by atoms with E-state index in [1.807, 2.05) is 57.8 Å². The van der Waals surface area contributed by atoms with E-state index in [9.17, 15) is 4.79 Å². The van der Waals surface area contributed by atoms with Crippen LogP contribution < -0.4 is 10.6 Å². The van der Waals surface area contributed by atoms with Crippen LogP contribution in [0.2, 0.25) is 0 Å². The zero-order valence-corrected chi connectivity index (χ0v) is 16.4. The number of likely N-dealkylation sites (N-methyl/N-ethyl adjacent to an activating group) is 1. The lowest BCUT2D eigenvalue weighted by Crippen LogP contribution is -2.47. The average Bonchev–Trinajstić information content (AvgIpc) is 3.00. The fourth-order valence-corrected chi connectivity index (χ4v) is 3.52. The third-order valence-corrected chi connectivity index (χ3v) is 4.56. The minimum Gasteiger partial charge on any atom is -0.352 e. The van der Waals surface area contributed by atoms with Crippen molar-refractivity contribution in [2.24, 2.45) is 4.99 Å². The molecule has 0 saturated heterocycles. The summed E-state index contributed by atoms with van der Waals surface area (Å²) in [5, 5.41) is 6.48. The van der Waals surface area contributed by atoms with E-state index in [-0.39, 0.29) is 17.5 Å². The van der Waals surface area contributed by atoms with Crippen molar-refractivity contribution in [2.75, 3.05) is 13.6 Å². The maximum Gasteiger partial charge on any atom is 0.239 e. The maximum absolute atomic E-state index is 12.4. The summed E-state index contributed by atoms with van der Waals surface area (Å²) in [6.07, 6.45) is 3.21. The molecule has 1 aromatic rings. The lowest BCUT2D eigenvalue weighted by molar-refractivity contribution is -0.123. The van der Waals surface area contributed by atoms with Gasteiger partial charge in [0.2, 0.25) is 5.91 Å². The van der Waals surface area contributed by atoms with Crippen molar-refractivity contribution < 1.29 is 4.79 Å². The zero-order valence-electron chi connectivity index (χ0n) is 16.4. The van der Waals surface area contributed by atoms with Crippen molar-refractivity contribution in [2.45, 2.75) is 58.5 Å². The Morgan fingerprint density at radius 1 is 1.38 bits per heavy atom. The second kappa shape index (κ2) is 7.09. The average molecular weight is 355 g/mol. The van der Waals surface area contributed by atoms with E-state index in [4.69, 9.17) is 4.99 Å². The third kappa shape index (κ3) is 4.23. The summed E-state index contributed by atoms with van der Waals surface area (Å²) < 4.78 is 0. The number of aryl methyl sites for hydroxylation is 1. The topological polar surface area (TPSA) is 69.6 Å². The van der Waals surface area contributed by atoms with Crippen LogP contribution in [0.4, 0.5) is 0 Å². The van der Waals surface area contributed by atoms with Crippen molar-refractivity contribution >= 4 is 11.7 Å². The molecule has 26 heavy (non-hydrogen) atoms. The minimum atomic E-state index is -0.232. The molecular formula is C20H29N5O. The minimum absolute atomic E-state index is 0.0159. The number of amides is 1. The van der Waals surface area contributed by atoms with Gasteiger partial charge in [-0.15, -0.1) is 0 Å². The molecule has 0 spiro atoms. The Kier molecular flexibility index (Phi) is 5.03. The third-order valence-electron chi connectivity index (χ3n) is 4.56. The van der Waals surface area contributed by atoms with E-state index in [1.54, 1.807) is 0 Å². The Morgan fingerprint density at radius 2 is 2.15 bits per heavy atom. The quantitative estimate of drug-likeness (QED) is 0.870. The summed E-state index contributed by atoms with van der Waals surface area (Å²) >= 11 is 0. The number of aliphatic imine (C=N–C) groups is 1. The molecule has 1 aromatic heterocycles. The Balaban J connectivity index is 1.80. The van der Waals surface area contributed by atoms with Crippen LogP contribution in [0.5, 0.6) is 0 Å². The maximum atomic E-state index is 12.4. The number of rotatable bonds is 4. The molecule has 6 heteroatoms. The molecule has 1 unspecified atom stereocenters.